The highest BCUT2D eigenvalue weighted by Crippen LogP contribution is 2.20. The number of nitrogens with zero attached hydrogens (tertiary/aromatic N) is 2. The van der Waals surface area contributed by atoms with Crippen molar-refractivity contribution in [3.63, 3.8) is 0 Å². The molecule has 3 atom stereocenters. The van der Waals surface area contributed by atoms with E-state index < -0.39 is 0 Å². The first kappa shape index (κ1) is 19.7. The topological polar surface area (TPSA) is 62.9 Å². The quantitative estimate of drug-likeness (QED) is 0.451. The van der Waals surface area contributed by atoms with Crippen molar-refractivity contribution in [3.8, 4) is 0 Å². The molecule has 1 aliphatic rings. The Kier molecular flexibility index (Phi) is 7.72. The van der Waals surface area contributed by atoms with E-state index >= 15 is 0 Å². The summed E-state index contributed by atoms with van der Waals surface area (Å²) in [6.07, 6.45) is 2.79. The van der Waals surface area contributed by atoms with Gasteiger partial charge in [0, 0.05) is 31.9 Å². The van der Waals surface area contributed by atoms with Crippen LogP contribution in [0.15, 0.2) is 29.3 Å². The second-order valence-electron chi connectivity index (χ2n) is 7.19. The molecule has 5 nitrogen and oxygen atoms in total. The summed E-state index contributed by atoms with van der Waals surface area (Å²) in [6.45, 7) is 12.5. The lowest BCUT2D eigenvalue weighted by molar-refractivity contribution is -0.0679. The molecule has 1 fully saturated rings. The first-order valence-electron chi connectivity index (χ1n) is 9.52. The number of anilines is 1. The lowest BCUT2D eigenvalue weighted by Crippen LogP contribution is -2.45. The maximum absolute atomic E-state index is 6.00. The number of hydrogen-bond donors (Lipinski definition) is 2. The molecule has 0 amide bonds. The minimum absolute atomic E-state index is 0.317. The molecule has 0 spiro atoms. The summed E-state index contributed by atoms with van der Waals surface area (Å²) in [5, 5.41) is 3.17. The summed E-state index contributed by atoms with van der Waals surface area (Å²) in [6, 6.07) is 8.45. The van der Waals surface area contributed by atoms with Gasteiger partial charge in [0.1, 0.15) is 0 Å². The average Bonchev–Trinajstić information content (AvgIpc) is 2.58. The van der Waals surface area contributed by atoms with Crippen LogP contribution in [0.3, 0.4) is 0 Å². The fourth-order valence-corrected chi connectivity index (χ4v) is 3.28. The Balaban J connectivity index is 1.72. The van der Waals surface area contributed by atoms with Crippen LogP contribution in [0.25, 0.3) is 0 Å². The van der Waals surface area contributed by atoms with E-state index in [2.05, 4.69) is 67.2 Å². The maximum atomic E-state index is 6.00. The zero-order valence-electron chi connectivity index (χ0n) is 16.2. The molecule has 0 radical (unpaired) electrons. The molecule has 1 aromatic carbocycles. The Morgan fingerprint density at radius 3 is 2.52 bits per heavy atom. The van der Waals surface area contributed by atoms with Gasteiger partial charge in [-0.05, 0) is 50.3 Å². The first-order chi connectivity index (χ1) is 12.0. The summed E-state index contributed by atoms with van der Waals surface area (Å²) in [5.41, 5.74) is 8.35. The van der Waals surface area contributed by atoms with Gasteiger partial charge in [0.25, 0.3) is 0 Å². The zero-order valence-corrected chi connectivity index (χ0v) is 16.2. The molecule has 25 heavy (non-hydrogen) atoms. The molecule has 1 heterocycles. The molecule has 0 aliphatic carbocycles. The number of nitrogens with one attached hydrogen (secondary N) is 1. The summed E-state index contributed by atoms with van der Waals surface area (Å²) in [4.78, 5) is 6.89. The standard InChI is InChI=1S/C20H34N4O/c1-5-15(2)18-7-9-19(10-8-18)23-20(21)22-11-6-12-24-13-16(3)25-17(4)14-24/h7-10,15-17H,5-6,11-14H2,1-4H3,(H3,21,22,23). The van der Waals surface area contributed by atoms with Crippen LogP contribution in [0.2, 0.25) is 0 Å². The van der Waals surface area contributed by atoms with Crippen molar-refractivity contribution in [2.24, 2.45) is 10.7 Å². The number of ether oxygens (including phenoxy) is 1. The molecule has 2 rings (SSSR count). The Morgan fingerprint density at radius 1 is 1.28 bits per heavy atom. The Bertz CT molecular complexity index is 533. The predicted molar refractivity (Wildman–Crippen MR) is 106 cm³/mol. The van der Waals surface area contributed by atoms with Gasteiger partial charge in [0.15, 0.2) is 5.96 Å². The van der Waals surface area contributed by atoms with E-state index in [-0.39, 0.29) is 0 Å². The van der Waals surface area contributed by atoms with Crippen LogP contribution in [-0.2, 0) is 4.74 Å². The van der Waals surface area contributed by atoms with E-state index in [1.807, 2.05) is 0 Å². The van der Waals surface area contributed by atoms with Gasteiger partial charge in [0.2, 0.25) is 0 Å². The van der Waals surface area contributed by atoms with Crippen LogP contribution in [0.4, 0.5) is 5.69 Å². The Hall–Kier alpha value is -1.59. The molecule has 3 unspecified atom stereocenters. The second kappa shape index (κ2) is 9.78. The van der Waals surface area contributed by atoms with Gasteiger partial charge < -0.3 is 15.8 Å². The normalized spacial score (nSPS) is 23.4. The highest BCUT2D eigenvalue weighted by atomic mass is 16.5. The van der Waals surface area contributed by atoms with Gasteiger partial charge in [-0.15, -0.1) is 0 Å². The van der Waals surface area contributed by atoms with Crippen molar-refractivity contribution in [2.45, 2.75) is 58.7 Å². The number of nitrogens with two attached hydrogens (primary N) is 1. The smallest absolute Gasteiger partial charge is 0.193 e. The molecule has 1 saturated heterocycles. The average molecular weight is 347 g/mol. The SMILES string of the molecule is CCC(C)c1ccc(NC(N)=NCCCN2CC(C)OC(C)C2)cc1. The number of hydrogen-bond acceptors (Lipinski definition) is 3. The van der Waals surface area contributed by atoms with Crippen LogP contribution < -0.4 is 11.1 Å². The molecule has 5 heteroatoms. The van der Waals surface area contributed by atoms with Gasteiger partial charge >= 0.3 is 0 Å². The highest BCUT2D eigenvalue weighted by molar-refractivity contribution is 5.92. The molecular formula is C20H34N4O. The second-order valence-corrected chi connectivity index (χ2v) is 7.19. The van der Waals surface area contributed by atoms with Crippen molar-refractivity contribution < 1.29 is 4.74 Å². The van der Waals surface area contributed by atoms with Crippen LogP contribution in [0.5, 0.6) is 0 Å². The fraction of sp³-hybridized carbons (Fsp3) is 0.650. The number of aliphatic imine (C=N–C) groups is 1. The Labute approximate surface area is 152 Å². The lowest BCUT2D eigenvalue weighted by atomic mass is 9.99. The first-order valence-corrected chi connectivity index (χ1v) is 9.52. The van der Waals surface area contributed by atoms with Crippen molar-refractivity contribution in [3.05, 3.63) is 29.8 Å². The van der Waals surface area contributed by atoms with Crippen LogP contribution in [-0.4, -0.2) is 49.2 Å². The summed E-state index contributed by atoms with van der Waals surface area (Å²) in [7, 11) is 0. The van der Waals surface area contributed by atoms with Crippen LogP contribution in [0, 0.1) is 0 Å². The number of rotatable bonds is 7. The van der Waals surface area contributed by atoms with Crippen molar-refractivity contribution >= 4 is 11.6 Å². The number of morpholine rings is 1. The fourth-order valence-electron chi connectivity index (χ4n) is 3.28. The van der Waals surface area contributed by atoms with Gasteiger partial charge in [-0.25, -0.2) is 0 Å². The van der Waals surface area contributed by atoms with Crippen molar-refractivity contribution in [1.82, 2.24) is 4.90 Å². The summed E-state index contributed by atoms with van der Waals surface area (Å²) in [5.74, 6) is 1.07. The Morgan fingerprint density at radius 2 is 1.92 bits per heavy atom. The number of guanidine groups is 1. The zero-order chi connectivity index (χ0) is 18.2. The van der Waals surface area contributed by atoms with Gasteiger partial charge in [-0.1, -0.05) is 26.0 Å². The molecular weight excluding hydrogens is 312 g/mol. The maximum Gasteiger partial charge on any atom is 0.193 e. The molecule has 140 valence electrons. The van der Waals surface area contributed by atoms with Gasteiger partial charge in [0.05, 0.1) is 12.2 Å². The highest BCUT2D eigenvalue weighted by Gasteiger charge is 2.21. The van der Waals surface area contributed by atoms with E-state index in [0.29, 0.717) is 24.1 Å². The molecule has 0 bridgehead atoms. The summed E-state index contributed by atoms with van der Waals surface area (Å²) >= 11 is 0. The minimum Gasteiger partial charge on any atom is -0.373 e. The third-order valence-corrected chi connectivity index (χ3v) is 4.77. The van der Waals surface area contributed by atoms with Crippen LogP contribution in [0.1, 0.15) is 52.0 Å². The molecule has 0 aromatic heterocycles. The van der Waals surface area contributed by atoms with E-state index in [4.69, 9.17) is 10.5 Å². The van der Waals surface area contributed by atoms with E-state index in [0.717, 1.165) is 44.7 Å². The lowest BCUT2D eigenvalue weighted by Gasteiger charge is -2.35. The van der Waals surface area contributed by atoms with E-state index in [1.54, 1.807) is 0 Å². The molecule has 3 N–H and O–H groups in total. The van der Waals surface area contributed by atoms with Gasteiger partial charge in [-0.3, -0.25) is 9.89 Å². The molecule has 1 aromatic rings. The van der Waals surface area contributed by atoms with Crippen molar-refractivity contribution in [1.29, 1.82) is 0 Å². The minimum atomic E-state index is 0.317. The third kappa shape index (κ3) is 6.67. The monoisotopic (exact) mass is 346 g/mol. The largest absolute Gasteiger partial charge is 0.373 e. The van der Waals surface area contributed by atoms with Crippen molar-refractivity contribution in [2.75, 3.05) is 31.5 Å². The van der Waals surface area contributed by atoms with E-state index in [1.165, 1.54) is 5.56 Å². The predicted octanol–water partition coefficient (Wildman–Crippen LogP) is 3.43. The van der Waals surface area contributed by atoms with E-state index in [9.17, 15) is 0 Å². The summed E-state index contributed by atoms with van der Waals surface area (Å²) < 4.78 is 5.76. The molecule has 1 aliphatic heterocycles. The van der Waals surface area contributed by atoms with Crippen LogP contribution >= 0.6 is 0 Å². The number of benzene rings is 1. The van der Waals surface area contributed by atoms with Gasteiger partial charge in [-0.2, -0.15) is 0 Å². The molecule has 0 saturated carbocycles. The third-order valence-electron chi connectivity index (χ3n) is 4.77.